The molecule has 0 radical (unpaired) electrons. The van der Waals surface area contributed by atoms with Gasteiger partial charge in [-0.15, -0.1) is 11.3 Å². The number of ether oxygens (including phenoxy) is 1. The Bertz CT molecular complexity index is 670. The molecule has 94 valence electrons. The zero-order valence-corrected chi connectivity index (χ0v) is 10.7. The number of esters is 1. The SMILES string of the molecule is Cc1csc2nc(COC(=O)C3CC3)cc(=O)n12. The molecule has 2 aromatic heterocycles. The van der Waals surface area contributed by atoms with Gasteiger partial charge < -0.3 is 4.74 Å². The van der Waals surface area contributed by atoms with Crippen molar-refractivity contribution in [3.63, 3.8) is 0 Å². The molecule has 18 heavy (non-hydrogen) atoms. The highest BCUT2D eigenvalue weighted by atomic mass is 32.1. The molecular weight excluding hydrogens is 252 g/mol. The van der Waals surface area contributed by atoms with Gasteiger partial charge in [-0.25, -0.2) is 4.98 Å². The zero-order valence-electron chi connectivity index (χ0n) is 9.88. The highest BCUT2D eigenvalue weighted by Crippen LogP contribution is 2.30. The topological polar surface area (TPSA) is 60.7 Å². The van der Waals surface area contributed by atoms with Crippen LogP contribution in [-0.2, 0) is 16.1 Å². The van der Waals surface area contributed by atoms with Gasteiger partial charge in [0.05, 0.1) is 11.6 Å². The Morgan fingerprint density at radius 1 is 1.61 bits per heavy atom. The highest BCUT2D eigenvalue weighted by Gasteiger charge is 2.31. The molecule has 2 heterocycles. The average molecular weight is 264 g/mol. The maximum Gasteiger partial charge on any atom is 0.309 e. The summed E-state index contributed by atoms with van der Waals surface area (Å²) < 4.78 is 6.67. The van der Waals surface area contributed by atoms with Crippen LogP contribution < -0.4 is 5.56 Å². The predicted molar refractivity (Wildman–Crippen MR) is 66.6 cm³/mol. The average Bonchev–Trinajstić information content (AvgIpc) is 3.11. The van der Waals surface area contributed by atoms with Crippen LogP contribution in [0.2, 0.25) is 0 Å². The van der Waals surface area contributed by atoms with Gasteiger partial charge in [0.25, 0.3) is 5.56 Å². The summed E-state index contributed by atoms with van der Waals surface area (Å²) in [4.78, 5) is 28.2. The monoisotopic (exact) mass is 264 g/mol. The van der Waals surface area contributed by atoms with E-state index in [1.54, 1.807) is 4.40 Å². The van der Waals surface area contributed by atoms with Crippen LogP contribution in [-0.4, -0.2) is 15.4 Å². The summed E-state index contributed by atoms with van der Waals surface area (Å²) in [6.07, 6.45) is 1.83. The fourth-order valence-electron chi connectivity index (χ4n) is 1.76. The molecule has 0 saturated heterocycles. The second kappa shape index (κ2) is 4.20. The van der Waals surface area contributed by atoms with Crippen LogP contribution in [0.15, 0.2) is 16.2 Å². The van der Waals surface area contributed by atoms with Crippen molar-refractivity contribution in [3.05, 3.63) is 33.2 Å². The number of carbonyl (C=O) groups excluding carboxylic acids is 1. The van der Waals surface area contributed by atoms with Gasteiger partial charge in [0, 0.05) is 17.1 Å². The molecule has 0 unspecified atom stereocenters. The van der Waals surface area contributed by atoms with Crippen LogP contribution in [0, 0.1) is 12.8 Å². The number of fused-ring (bicyclic) bond motifs is 1. The number of aryl methyl sites for hydroxylation is 1. The quantitative estimate of drug-likeness (QED) is 0.789. The van der Waals surface area contributed by atoms with Gasteiger partial charge in [-0.1, -0.05) is 0 Å². The van der Waals surface area contributed by atoms with E-state index in [2.05, 4.69) is 4.98 Å². The lowest BCUT2D eigenvalue weighted by atomic mass is 10.4. The third kappa shape index (κ3) is 2.03. The Morgan fingerprint density at radius 3 is 3.11 bits per heavy atom. The summed E-state index contributed by atoms with van der Waals surface area (Å²) in [7, 11) is 0. The predicted octanol–water partition coefficient (Wildman–Crippen LogP) is 1.52. The third-order valence-corrected chi connectivity index (χ3v) is 3.85. The van der Waals surface area contributed by atoms with E-state index in [1.165, 1.54) is 17.4 Å². The molecule has 0 aliphatic heterocycles. The zero-order chi connectivity index (χ0) is 12.7. The number of hydrogen-bond acceptors (Lipinski definition) is 5. The molecule has 1 saturated carbocycles. The Kier molecular flexibility index (Phi) is 2.66. The van der Waals surface area contributed by atoms with Crippen molar-refractivity contribution in [2.45, 2.75) is 26.4 Å². The fourth-order valence-corrected chi connectivity index (χ4v) is 2.65. The summed E-state index contributed by atoms with van der Waals surface area (Å²) in [5, 5.41) is 1.88. The van der Waals surface area contributed by atoms with E-state index >= 15 is 0 Å². The van der Waals surface area contributed by atoms with Crippen LogP contribution in [0.25, 0.3) is 4.96 Å². The largest absolute Gasteiger partial charge is 0.459 e. The minimum atomic E-state index is -0.181. The summed E-state index contributed by atoms with van der Waals surface area (Å²) in [5.41, 5.74) is 1.25. The van der Waals surface area contributed by atoms with E-state index in [4.69, 9.17) is 4.74 Å². The van der Waals surface area contributed by atoms with Crippen molar-refractivity contribution in [2.75, 3.05) is 0 Å². The van der Waals surface area contributed by atoms with Crippen molar-refractivity contribution in [1.82, 2.24) is 9.38 Å². The van der Waals surface area contributed by atoms with Crippen LogP contribution >= 0.6 is 11.3 Å². The Labute approximate surface area is 107 Å². The first-order valence-electron chi connectivity index (χ1n) is 5.78. The van der Waals surface area contributed by atoms with Gasteiger partial charge in [0.15, 0.2) is 4.96 Å². The normalized spacial score (nSPS) is 14.9. The minimum Gasteiger partial charge on any atom is -0.459 e. The second-order valence-electron chi connectivity index (χ2n) is 4.46. The maximum absolute atomic E-state index is 11.9. The fraction of sp³-hybridized carbons (Fsp3) is 0.417. The molecule has 6 heteroatoms. The molecule has 0 bridgehead atoms. The standard InChI is InChI=1S/C12H12N2O3S/c1-7-6-18-12-13-9(4-10(15)14(7)12)5-17-11(16)8-2-3-8/h4,6,8H,2-3,5H2,1H3. The van der Waals surface area contributed by atoms with Gasteiger partial charge in [0.2, 0.25) is 0 Å². The Morgan fingerprint density at radius 2 is 2.39 bits per heavy atom. The first kappa shape index (κ1) is 11.4. The van der Waals surface area contributed by atoms with Crippen molar-refractivity contribution >= 4 is 22.3 Å². The summed E-state index contributed by atoms with van der Waals surface area (Å²) in [5.74, 6) is -0.113. The molecule has 5 nitrogen and oxygen atoms in total. The molecule has 3 rings (SSSR count). The molecule has 0 spiro atoms. The molecule has 1 fully saturated rings. The Balaban J connectivity index is 1.84. The van der Waals surface area contributed by atoms with Crippen LogP contribution in [0.1, 0.15) is 24.2 Å². The molecule has 0 atom stereocenters. The van der Waals surface area contributed by atoms with E-state index in [9.17, 15) is 9.59 Å². The second-order valence-corrected chi connectivity index (χ2v) is 5.30. The summed E-state index contributed by atoms with van der Waals surface area (Å²) in [6.45, 7) is 1.94. The number of aromatic nitrogens is 2. The number of rotatable bonds is 3. The first-order chi connectivity index (χ1) is 8.65. The molecule has 1 aliphatic carbocycles. The number of nitrogens with zero attached hydrogens (tertiary/aromatic N) is 2. The summed E-state index contributed by atoms with van der Waals surface area (Å²) >= 11 is 1.41. The lowest BCUT2D eigenvalue weighted by Crippen LogP contribution is -2.16. The Hall–Kier alpha value is -1.69. The van der Waals surface area contributed by atoms with Crippen molar-refractivity contribution < 1.29 is 9.53 Å². The smallest absolute Gasteiger partial charge is 0.309 e. The van der Waals surface area contributed by atoms with Crippen molar-refractivity contribution in [3.8, 4) is 0 Å². The van der Waals surface area contributed by atoms with Gasteiger partial charge in [-0.2, -0.15) is 0 Å². The van der Waals surface area contributed by atoms with E-state index < -0.39 is 0 Å². The van der Waals surface area contributed by atoms with Gasteiger partial charge in [-0.05, 0) is 19.8 Å². The van der Waals surface area contributed by atoms with Gasteiger partial charge in [-0.3, -0.25) is 14.0 Å². The van der Waals surface area contributed by atoms with Gasteiger partial charge in [0.1, 0.15) is 6.61 Å². The molecule has 1 aliphatic rings. The molecule has 0 aromatic carbocycles. The van der Waals surface area contributed by atoms with Crippen molar-refractivity contribution in [2.24, 2.45) is 5.92 Å². The van der Waals surface area contributed by atoms with Gasteiger partial charge >= 0.3 is 5.97 Å². The maximum atomic E-state index is 11.9. The van der Waals surface area contributed by atoms with E-state index in [0.29, 0.717) is 10.7 Å². The van der Waals surface area contributed by atoms with Crippen LogP contribution in [0.5, 0.6) is 0 Å². The minimum absolute atomic E-state index is 0.0683. The molecular formula is C12H12N2O3S. The van der Waals surface area contributed by atoms with E-state index in [-0.39, 0.29) is 24.1 Å². The molecule has 0 N–H and O–H groups in total. The lowest BCUT2D eigenvalue weighted by Gasteiger charge is -2.03. The van der Waals surface area contributed by atoms with E-state index in [1.807, 2.05) is 12.3 Å². The van der Waals surface area contributed by atoms with Crippen LogP contribution in [0.4, 0.5) is 0 Å². The third-order valence-electron chi connectivity index (χ3n) is 2.90. The van der Waals surface area contributed by atoms with Crippen LogP contribution in [0.3, 0.4) is 0 Å². The molecule has 0 amide bonds. The lowest BCUT2D eigenvalue weighted by molar-refractivity contribution is -0.146. The van der Waals surface area contributed by atoms with Crippen molar-refractivity contribution in [1.29, 1.82) is 0 Å². The first-order valence-corrected chi connectivity index (χ1v) is 6.66. The number of thiazole rings is 1. The summed E-state index contributed by atoms with van der Waals surface area (Å²) in [6, 6.07) is 1.42. The molecule has 2 aromatic rings. The number of hydrogen-bond donors (Lipinski definition) is 0. The highest BCUT2D eigenvalue weighted by molar-refractivity contribution is 7.15. The van der Waals surface area contributed by atoms with E-state index in [0.717, 1.165) is 18.5 Å². The number of carbonyl (C=O) groups is 1.